The van der Waals surface area contributed by atoms with Crippen LogP contribution in [-0.4, -0.2) is 35.8 Å². The SMILES string of the molecule is CC(NC(=O)c1ncn[nH]1)c1ccc(S(C)(=O)=O)cc1. The molecule has 1 amide bonds. The fourth-order valence-corrected chi connectivity index (χ4v) is 2.30. The lowest BCUT2D eigenvalue weighted by Crippen LogP contribution is -2.27. The summed E-state index contributed by atoms with van der Waals surface area (Å²) in [6.07, 6.45) is 2.40. The molecule has 106 valence electrons. The average molecular weight is 294 g/mol. The monoisotopic (exact) mass is 294 g/mol. The summed E-state index contributed by atoms with van der Waals surface area (Å²) in [6, 6.07) is 6.09. The Hall–Kier alpha value is -2.22. The van der Waals surface area contributed by atoms with Crippen LogP contribution in [0.1, 0.15) is 29.1 Å². The maximum atomic E-state index is 11.8. The number of benzene rings is 1. The van der Waals surface area contributed by atoms with Crippen molar-refractivity contribution in [2.75, 3.05) is 6.26 Å². The van der Waals surface area contributed by atoms with Crippen molar-refractivity contribution < 1.29 is 13.2 Å². The van der Waals surface area contributed by atoms with Crippen molar-refractivity contribution >= 4 is 15.7 Å². The van der Waals surface area contributed by atoms with E-state index in [1.54, 1.807) is 19.1 Å². The second kappa shape index (κ2) is 5.41. The molecule has 0 aliphatic heterocycles. The third-order valence-electron chi connectivity index (χ3n) is 2.79. The molecule has 0 bridgehead atoms. The van der Waals surface area contributed by atoms with Gasteiger partial charge in [0.05, 0.1) is 10.9 Å². The molecule has 1 heterocycles. The van der Waals surface area contributed by atoms with E-state index in [0.29, 0.717) is 0 Å². The topological polar surface area (TPSA) is 105 Å². The molecule has 1 aromatic carbocycles. The number of sulfone groups is 1. The van der Waals surface area contributed by atoms with Gasteiger partial charge >= 0.3 is 0 Å². The van der Waals surface area contributed by atoms with Crippen LogP contribution in [0.5, 0.6) is 0 Å². The van der Waals surface area contributed by atoms with Crippen molar-refractivity contribution in [3.8, 4) is 0 Å². The minimum atomic E-state index is -3.21. The van der Waals surface area contributed by atoms with Crippen LogP contribution in [0.3, 0.4) is 0 Å². The lowest BCUT2D eigenvalue weighted by atomic mass is 10.1. The van der Waals surface area contributed by atoms with Gasteiger partial charge in [-0.25, -0.2) is 13.4 Å². The second-order valence-electron chi connectivity index (χ2n) is 4.37. The van der Waals surface area contributed by atoms with Gasteiger partial charge < -0.3 is 5.32 Å². The second-order valence-corrected chi connectivity index (χ2v) is 6.39. The van der Waals surface area contributed by atoms with Gasteiger partial charge in [-0.3, -0.25) is 9.89 Å². The first-order chi connectivity index (χ1) is 9.38. The summed E-state index contributed by atoms with van der Waals surface area (Å²) in [5.74, 6) is -0.244. The Labute approximate surface area is 116 Å². The van der Waals surface area contributed by atoms with Crippen LogP contribution in [0, 0.1) is 0 Å². The van der Waals surface area contributed by atoms with E-state index in [4.69, 9.17) is 0 Å². The molecule has 0 saturated heterocycles. The molecule has 1 aromatic heterocycles. The van der Waals surface area contributed by atoms with Gasteiger partial charge in [-0.1, -0.05) is 12.1 Å². The van der Waals surface area contributed by atoms with E-state index >= 15 is 0 Å². The zero-order valence-corrected chi connectivity index (χ0v) is 11.8. The summed E-state index contributed by atoms with van der Waals surface area (Å²) in [7, 11) is -3.21. The van der Waals surface area contributed by atoms with E-state index in [0.717, 1.165) is 11.8 Å². The fraction of sp³-hybridized carbons (Fsp3) is 0.250. The van der Waals surface area contributed by atoms with Crippen LogP contribution >= 0.6 is 0 Å². The zero-order valence-electron chi connectivity index (χ0n) is 11.0. The molecule has 7 nitrogen and oxygen atoms in total. The molecule has 0 aliphatic carbocycles. The first-order valence-electron chi connectivity index (χ1n) is 5.84. The van der Waals surface area contributed by atoms with Crippen molar-refractivity contribution in [1.29, 1.82) is 0 Å². The Kier molecular flexibility index (Phi) is 3.84. The number of nitrogens with one attached hydrogen (secondary N) is 2. The molecule has 0 saturated carbocycles. The third kappa shape index (κ3) is 3.21. The minimum absolute atomic E-state index is 0.129. The molecule has 2 rings (SSSR count). The van der Waals surface area contributed by atoms with E-state index in [2.05, 4.69) is 20.5 Å². The van der Waals surface area contributed by atoms with E-state index in [1.165, 1.54) is 18.5 Å². The lowest BCUT2D eigenvalue weighted by molar-refractivity contribution is 0.0930. The van der Waals surface area contributed by atoms with Gasteiger partial charge in [-0.15, -0.1) is 0 Å². The van der Waals surface area contributed by atoms with Crippen molar-refractivity contribution in [2.45, 2.75) is 17.9 Å². The first kappa shape index (κ1) is 14.2. The zero-order chi connectivity index (χ0) is 14.8. The predicted octanol–water partition coefficient (Wildman–Crippen LogP) is 0.699. The average Bonchev–Trinajstić information content (AvgIpc) is 2.91. The standard InChI is InChI=1S/C12H14N4O3S/c1-8(15-12(17)11-13-7-14-16-11)9-3-5-10(6-4-9)20(2,18)19/h3-8H,1-2H3,(H,15,17)(H,13,14,16). The van der Waals surface area contributed by atoms with E-state index in [-0.39, 0.29) is 22.7 Å². The van der Waals surface area contributed by atoms with Crippen molar-refractivity contribution in [3.05, 3.63) is 42.0 Å². The Morgan fingerprint density at radius 2 is 1.95 bits per heavy atom. The quantitative estimate of drug-likeness (QED) is 0.863. The van der Waals surface area contributed by atoms with Gasteiger partial charge in [0.2, 0.25) is 5.82 Å². The third-order valence-corrected chi connectivity index (χ3v) is 3.91. The molecule has 0 aliphatic rings. The number of nitrogens with zero attached hydrogens (tertiary/aromatic N) is 2. The van der Waals surface area contributed by atoms with Gasteiger partial charge in [-0.05, 0) is 24.6 Å². The highest BCUT2D eigenvalue weighted by Crippen LogP contribution is 2.16. The molecular weight excluding hydrogens is 280 g/mol. The van der Waals surface area contributed by atoms with Crippen LogP contribution in [0.2, 0.25) is 0 Å². The summed E-state index contributed by atoms with van der Waals surface area (Å²) in [4.78, 5) is 15.8. The fourth-order valence-electron chi connectivity index (χ4n) is 1.67. The highest BCUT2D eigenvalue weighted by Gasteiger charge is 2.14. The largest absolute Gasteiger partial charge is 0.343 e. The minimum Gasteiger partial charge on any atom is -0.343 e. The molecule has 0 spiro atoms. The Balaban J connectivity index is 2.10. The smallest absolute Gasteiger partial charge is 0.289 e. The highest BCUT2D eigenvalue weighted by atomic mass is 32.2. The first-order valence-corrected chi connectivity index (χ1v) is 7.73. The normalized spacial score (nSPS) is 12.9. The summed E-state index contributed by atoms with van der Waals surface area (Å²) >= 11 is 0. The van der Waals surface area contributed by atoms with Crippen molar-refractivity contribution in [1.82, 2.24) is 20.5 Å². The summed E-state index contributed by atoms with van der Waals surface area (Å²) < 4.78 is 22.7. The maximum Gasteiger partial charge on any atom is 0.289 e. The van der Waals surface area contributed by atoms with Gasteiger partial charge in [0.1, 0.15) is 6.33 Å². The highest BCUT2D eigenvalue weighted by molar-refractivity contribution is 7.90. The number of aromatic amines is 1. The van der Waals surface area contributed by atoms with Crippen LogP contribution in [0.15, 0.2) is 35.5 Å². The number of aromatic nitrogens is 3. The molecule has 0 radical (unpaired) electrons. The molecule has 2 N–H and O–H groups in total. The van der Waals surface area contributed by atoms with Gasteiger partial charge in [0.25, 0.3) is 5.91 Å². The molecule has 1 unspecified atom stereocenters. The molecule has 2 aromatic rings. The van der Waals surface area contributed by atoms with Gasteiger partial charge in [0.15, 0.2) is 9.84 Å². The summed E-state index contributed by atoms with van der Waals surface area (Å²) in [6.45, 7) is 1.80. The summed E-state index contributed by atoms with van der Waals surface area (Å²) in [5.41, 5.74) is 0.797. The molecule has 8 heteroatoms. The van der Waals surface area contributed by atoms with E-state index in [1.807, 2.05) is 0 Å². The van der Waals surface area contributed by atoms with Crippen LogP contribution in [0.25, 0.3) is 0 Å². The lowest BCUT2D eigenvalue weighted by Gasteiger charge is -2.13. The maximum absolute atomic E-state index is 11.8. The summed E-state index contributed by atoms with van der Waals surface area (Å²) in [5, 5.41) is 8.80. The Morgan fingerprint density at radius 3 is 2.45 bits per heavy atom. The van der Waals surface area contributed by atoms with Crippen molar-refractivity contribution in [2.24, 2.45) is 0 Å². The van der Waals surface area contributed by atoms with Crippen molar-refractivity contribution in [3.63, 3.8) is 0 Å². The molecule has 1 atom stereocenters. The number of amides is 1. The van der Waals surface area contributed by atoms with Crippen LogP contribution in [-0.2, 0) is 9.84 Å². The number of hydrogen-bond acceptors (Lipinski definition) is 5. The number of hydrogen-bond donors (Lipinski definition) is 2. The Bertz CT molecular complexity index is 693. The molecular formula is C12H14N4O3S. The van der Waals surface area contributed by atoms with E-state index in [9.17, 15) is 13.2 Å². The predicted molar refractivity (Wildman–Crippen MR) is 71.8 cm³/mol. The van der Waals surface area contributed by atoms with Gasteiger partial charge in [0, 0.05) is 6.26 Å². The number of rotatable bonds is 4. The molecule has 0 fully saturated rings. The van der Waals surface area contributed by atoms with E-state index < -0.39 is 9.84 Å². The molecule has 20 heavy (non-hydrogen) atoms. The van der Waals surface area contributed by atoms with Crippen LogP contribution < -0.4 is 5.32 Å². The number of carbonyl (C=O) groups excluding carboxylic acids is 1. The van der Waals surface area contributed by atoms with Crippen LogP contribution in [0.4, 0.5) is 0 Å². The Morgan fingerprint density at radius 1 is 1.30 bits per heavy atom. The number of carbonyl (C=O) groups is 1. The van der Waals surface area contributed by atoms with Gasteiger partial charge in [-0.2, -0.15) is 5.10 Å². The number of H-pyrrole nitrogens is 1.